The monoisotopic (exact) mass is 811 g/mol. The zero-order valence-corrected chi connectivity index (χ0v) is 30.5. The van der Waals surface area contributed by atoms with Gasteiger partial charge in [0.2, 0.25) is 5.91 Å². The number of alkyl halides is 8. The van der Waals surface area contributed by atoms with E-state index in [1.165, 1.54) is 9.80 Å². The van der Waals surface area contributed by atoms with Gasteiger partial charge in [0, 0.05) is 55.0 Å². The van der Waals surface area contributed by atoms with Crippen LogP contribution in [0.3, 0.4) is 0 Å². The maximum atomic E-state index is 15.7. The number of carbonyl (C=O) groups excluding carboxylic acids is 1. The molecule has 3 aliphatic heterocycles. The number of anilines is 2. The number of amides is 1. The number of aromatic nitrogens is 2. The lowest BCUT2D eigenvalue weighted by Gasteiger charge is -2.32. The van der Waals surface area contributed by atoms with Gasteiger partial charge in [-0.15, -0.1) is 11.3 Å². The Balaban J connectivity index is 1.37. The van der Waals surface area contributed by atoms with Crippen LogP contribution in [-0.2, 0) is 17.1 Å². The van der Waals surface area contributed by atoms with Crippen LogP contribution in [0.1, 0.15) is 55.7 Å². The van der Waals surface area contributed by atoms with E-state index >= 15 is 30.7 Å². The average molecular weight is 812 g/mol. The van der Waals surface area contributed by atoms with Crippen molar-refractivity contribution in [1.82, 2.24) is 19.8 Å². The van der Waals surface area contributed by atoms with Crippen molar-refractivity contribution in [3.8, 4) is 23.2 Å². The Bertz CT molecular complexity index is 2290. The lowest BCUT2D eigenvalue weighted by molar-refractivity contribution is -0.141. The second kappa shape index (κ2) is 13.5. The molecule has 3 saturated heterocycles. The molecule has 8 rings (SSSR count). The van der Waals surface area contributed by atoms with E-state index in [-0.39, 0.29) is 62.9 Å². The van der Waals surface area contributed by atoms with E-state index in [2.05, 4.69) is 9.97 Å². The van der Waals surface area contributed by atoms with Crippen molar-refractivity contribution in [2.75, 3.05) is 50.0 Å². The van der Waals surface area contributed by atoms with Gasteiger partial charge in [0.25, 0.3) is 0 Å². The molecule has 1 aliphatic carbocycles. The average Bonchev–Trinajstić information content (AvgIpc) is 3.49. The van der Waals surface area contributed by atoms with Gasteiger partial charge in [0.05, 0.1) is 38.4 Å². The molecule has 4 aromatic rings. The number of likely N-dealkylation sites (N-methyl/N-ethyl adjacent to an activating group) is 1. The third kappa shape index (κ3) is 6.32. The number of ether oxygens (including phenoxy) is 1. The highest BCUT2D eigenvalue weighted by Gasteiger charge is 2.51. The van der Waals surface area contributed by atoms with Crippen molar-refractivity contribution in [1.29, 1.82) is 5.26 Å². The number of likely N-dealkylation sites (tertiary alicyclic amines) is 1. The molecule has 0 bridgehead atoms. The number of nitriles is 1. The van der Waals surface area contributed by atoms with Gasteiger partial charge in [0.1, 0.15) is 41.7 Å². The number of rotatable bonds is 8. The van der Waals surface area contributed by atoms with Crippen molar-refractivity contribution in [3.63, 3.8) is 0 Å². The first kappa shape index (κ1) is 38.3. The molecule has 1 amide bonds. The van der Waals surface area contributed by atoms with Crippen LogP contribution in [0.25, 0.3) is 32.1 Å². The van der Waals surface area contributed by atoms with Crippen LogP contribution in [-0.4, -0.2) is 88.9 Å². The Morgan fingerprint density at radius 2 is 1.89 bits per heavy atom. The summed E-state index contributed by atoms with van der Waals surface area (Å²) in [6.45, 7) is 2.32. The van der Waals surface area contributed by atoms with E-state index < -0.39 is 109 Å². The van der Waals surface area contributed by atoms with Gasteiger partial charge < -0.3 is 20.3 Å². The van der Waals surface area contributed by atoms with Crippen molar-refractivity contribution < 1.29 is 49.0 Å². The van der Waals surface area contributed by atoms with Crippen LogP contribution >= 0.6 is 11.3 Å². The molecule has 5 atom stereocenters. The predicted molar refractivity (Wildman–Crippen MR) is 189 cm³/mol. The van der Waals surface area contributed by atoms with Crippen LogP contribution in [0.5, 0.6) is 6.01 Å². The fraction of sp³-hybridized carbons (Fsp3) is 0.514. The number of carbonyl (C=O) groups is 1. The Morgan fingerprint density at radius 1 is 1.14 bits per heavy atom. The van der Waals surface area contributed by atoms with Crippen molar-refractivity contribution >= 4 is 49.1 Å². The molecule has 19 heteroatoms. The summed E-state index contributed by atoms with van der Waals surface area (Å²) in [6.07, 6.45) is -11.8. The molecule has 56 heavy (non-hydrogen) atoms. The van der Waals surface area contributed by atoms with Crippen molar-refractivity contribution in [2.45, 2.75) is 75.3 Å². The topological polar surface area (TPSA) is 112 Å². The molecule has 9 nitrogen and oxygen atoms in total. The molecule has 0 spiro atoms. The number of benzene rings is 2. The second-order valence-corrected chi connectivity index (χ2v) is 15.9. The third-order valence-corrected chi connectivity index (χ3v) is 12.6. The fourth-order valence-corrected chi connectivity index (χ4v) is 9.83. The quantitative estimate of drug-likeness (QED) is 0.179. The number of nitrogens with two attached hydrogens (primary N) is 1. The Kier molecular flexibility index (Phi) is 9.26. The van der Waals surface area contributed by atoms with E-state index in [1.807, 2.05) is 4.90 Å². The molecule has 2 aromatic heterocycles. The number of fused-ring (bicyclic) bond motifs is 3. The van der Waals surface area contributed by atoms with Gasteiger partial charge >= 0.3 is 18.4 Å². The smallest absolute Gasteiger partial charge is 0.419 e. The van der Waals surface area contributed by atoms with Crippen LogP contribution in [0.4, 0.5) is 50.3 Å². The predicted octanol–water partition coefficient (Wildman–Crippen LogP) is 7.88. The summed E-state index contributed by atoms with van der Waals surface area (Å²) in [7, 11) is 0. The molecule has 4 fully saturated rings. The summed E-state index contributed by atoms with van der Waals surface area (Å²) in [5.41, 5.74) is -2.03. The first-order valence-corrected chi connectivity index (χ1v) is 18.9. The maximum Gasteiger partial charge on any atom is 0.419 e. The minimum absolute atomic E-state index is 0.00789. The first-order valence-electron chi connectivity index (χ1n) is 18.1. The van der Waals surface area contributed by atoms with Gasteiger partial charge in [-0.25, -0.2) is 13.2 Å². The molecule has 298 valence electrons. The Labute approximate surface area is 317 Å². The third-order valence-electron chi connectivity index (χ3n) is 11.5. The van der Waals surface area contributed by atoms with Gasteiger partial charge in [-0.2, -0.15) is 41.6 Å². The first-order chi connectivity index (χ1) is 26.5. The summed E-state index contributed by atoms with van der Waals surface area (Å²) in [4.78, 5) is 26.4. The summed E-state index contributed by atoms with van der Waals surface area (Å²) in [6, 6.07) is 2.42. The Morgan fingerprint density at radius 3 is 2.55 bits per heavy atom. The number of hydrogen-bond donors (Lipinski definition) is 1. The van der Waals surface area contributed by atoms with Gasteiger partial charge in [0.15, 0.2) is 0 Å². The molecule has 0 radical (unpaired) electrons. The highest BCUT2D eigenvalue weighted by molar-refractivity contribution is 7.23. The molecular formula is C37H34F9N7O2S. The Hall–Kier alpha value is -4.57. The standard InChI is InChI=1S/C37H34F9N7O2S/c1-2-53(18-6-9-51(15-18)33(54)20-11-25(20)40)32-21-10-23(36(41,42)43)27(19-4-5-24(39)30-26(19)22(13-47)31(48)56-30)28(37(44,45)46)29(21)49-34(50-32)55-16-35-7-3-8-52(35)14-17(38)12-35/h4-5,10,17-18,20,25H,2-3,6-9,11-12,14-16,48H2,1H3/t17-,18+,20-,25-,35+/m1/s1. The molecule has 2 aromatic carbocycles. The zero-order valence-electron chi connectivity index (χ0n) is 29.7. The molecule has 2 N–H and O–H groups in total. The molecular weight excluding hydrogens is 778 g/mol. The van der Waals surface area contributed by atoms with E-state index in [1.54, 1.807) is 13.0 Å². The largest absolute Gasteiger partial charge is 0.461 e. The van der Waals surface area contributed by atoms with Crippen molar-refractivity contribution in [2.24, 2.45) is 5.92 Å². The van der Waals surface area contributed by atoms with Crippen LogP contribution < -0.4 is 15.4 Å². The fourth-order valence-electron chi connectivity index (χ4n) is 8.88. The SMILES string of the molecule is CCN(c1nc(OC[C@@]23CCCN2C[C@H](F)C3)nc2c(C(F)(F)F)c(-c3ccc(F)c4sc(N)c(C#N)c34)c(C(F)(F)F)cc12)[C@H]1CCN(C(=O)[C@@H]2C[C@H]2F)C1. The molecule has 0 unspecified atom stereocenters. The van der Waals surface area contributed by atoms with Gasteiger partial charge in [-0.05, 0) is 56.8 Å². The molecule has 1 saturated carbocycles. The summed E-state index contributed by atoms with van der Waals surface area (Å²) in [5, 5.41) is 8.44. The second-order valence-electron chi connectivity index (χ2n) is 14.9. The maximum absolute atomic E-state index is 15.7. The van der Waals surface area contributed by atoms with Crippen LogP contribution in [0.2, 0.25) is 0 Å². The number of hydrogen-bond acceptors (Lipinski definition) is 9. The van der Waals surface area contributed by atoms with Gasteiger partial charge in [-0.3, -0.25) is 9.69 Å². The molecule has 4 aliphatic rings. The summed E-state index contributed by atoms with van der Waals surface area (Å²) >= 11 is 0.515. The minimum Gasteiger partial charge on any atom is -0.461 e. The van der Waals surface area contributed by atoms with Crippen LogP contribution in [0.15, 0.2) is 18.2 Å². The van der Waals surface area contributed by atoms with Crippen molar-refractivity contribution in [3.05, 3.63) is 40.7 Å². The van der Waals surface area contributed by atoms with E-state index in [9.17, 15) is 18.8 Å². The van der Waals surface area contributed by atoms with E-state index in [4.69, 9.17) is 10.5 Å². The van der Waals surface area contributed by atoms with Crippen LogP contribution in [0, 0.1) is 23.1 Å². The molecule has 5 heterocycles. The number of thiophene rings is 1. The summed E-state index contributed by atoms with van der Waals surface area (Å²) in [5.74, 6) is -2.55. The lowest BCUT2D eigenvalue weighted by Crippen LogP contribution is -2.43. The summed E-state index contributed by atoms with van der Waals surface area (Å²) < 4.78 is 142. The number of nitrogens with zero attached hydrogens (tertiary/aromatic N) is 6. The highest BCUT2D eigenvalue weighted by atomic mass is 32.1. The normalized spacial score (nSPS) is 25.3. The lowest BCUT2D eigenvalue weighted by atomic mass is 9.88. The zero-order chi connectivity index (χ0) is 40.1. The number of nitrogen functional groups attached to an aromatic ring is 1. The highest BCUT2D eigenvalue weighted by Crippen LogP contribution is 2.52. The number of halogens is 9. The van der Waals surface area contributed by atoms with E-state index in [0.29, 0.717) is 36.4 Å². The minimum atomic E-state index is -5.54. The van der Waals surface area contributed by atoms with E-state index in [0.717, 1.165) is 12.5 Å². The van der Waals surface area contributed by atoms with Gasteiger partial charge in [-0.1, -0.05) is 6.07 Å².